The predicted octanol–water partition coefficient (Wildman–Crippen LogP) is 5.40. The molecule has 8 heteroatoms. The van der Waals surface area contributed by atoms with Crippen LogP contribution in [0.3, 0.4) is 0 Å². The van der Waals surface area contributed by atoms with Crippen molar-refractivity contribution in [3.05, 3.63) is 75.8 Å². The van der Waals surface area contributed by atoms with Crippen molar-refractivity contribution >= 4 is 28.8 Å². The molecule has 32 heavy (non-hydrogen) atoms. The maximum absolute atomic E-state index is 12.1. The SMILES string of the molecule is COc1cc(Cn2c(-c3csc(-c4ccccc4Cl)n3)cc(C(N)=O)c2C)cc(OC)c1. The van der Waals surface area contributed by atoms with E-state index in [1.165, 1.54) is 11.3 Å². The Morgan fingerprint density at radius 2 is 1.81 bits per heavy atom. The highest BCUT2D eigenvalue weighted by Crippen LogP contribution is 2.35. The molecule has 0 spiro atoms. The third-order valence-corrected chi connectivity index (χ3v) is 6.46. The van der Waals surface area contributed by atoms with Gasteiger partial charge in [-0.1, -0.05) is 29.8 Å². The number of carbonyl (C=O) groups excluding carboxylic acids is 1. The zero-order valence-electron chi connectivity index (χ0n) is 17.9. The van der Waals surface area contributed by atoms with Crippen molar-refractivity contribution in [3.8, 4) is 33.5 Å². The topological polar surface area (TPSA) is 79.4 Å². The molecule has 2 aromatic heterocycles. The van der Waals surface area contributed by atoms with E-state index in [2.05, 4.69) is 0 Å². The molecule has 0 saturated carbocycles. The van der Waals surface area contributed by atoms with Crippen LogP contribution in [0, 0.1) is 6.92 Å². The number of nitrogens with two attached hydrogens (primary N) is 1. The molecule has 0 aliphatic carbocycles. The highest BCUT2D eigenvalue weighted by atomic mass is 35.5. The van der Waals surface area contributed by atoms with Crippen LogP contribution >= 0.6 is 22.9 Å². The summed E-state index contributed by atoms with van der Waals surface area (Å²) in [6.07, 6.45) is 0. The molecule has 6 nitrogen and oxygen atoms in total. The molecule has 4 aromatic rings. The number of primary amides is 1. The number of hydrogen-bond acceptors (Lipinski definition) is 5. The normalized spacial score (nSPS) is 10.9. The molecule has 2 aromatic carbocycles. The van der Waals surface area contributed by atoms with Gasteiger partial charge in [-0.3, -0.25) is 4.79 Å². The highest BCUT2D eigenvalue weighted by Gasteiger charge is 2.20. The van der Waals surface area contributed by atoms with Crippen molar-refractivity contribution in [1.29, 1.82) is 0 Å². The molecule has 0 aliphatic heterocycles. The van der Waals surface area contributed by atoms with Crippen LogP contribution in [0.4, 0.5) is 0 Å². The lowest BCUT2D eigenvalue weighted by Crippen LogP contribution is -2.12. The summed E-state index contributed by atoms with van der Waals surface area (Å²) in [4.78, 5) is 16.9. The van der Waals surface area contributed by atoms with E-state index in [1.54, 1.807) is 20.3 Å². The number of hydrogen-bond donors (Lipinski definition) is 1. The van der Waals surface area contributed by atoms with Gasteiger partial charge in [0.25, 0.3) is 5.91 Å². The molecule has 0 saturated heterocycles. The molecule has 0 atom stereocenters. The van der Waals surface area contributed by atoms with Gasteiger partial charge in [0.15, 0.2) is 0 Å². The zero-order chi connectivity index (χ0) is 22.8. The van der Waals surface area contributed by atoms with Crippen molar-refractivity contribution in [2.45, 2.75) is 13.5 Å². The fourth-order valence-electron chi connectivity index (χ4n) is 3.60. The summed E-state index contributed by atoms with van der Waals surface area (Å²) < 4.78 is 12.8. The predicted molar refractivity (Wildman–Crippen MR) is 128 cm³/mol. The molecule has 0 unspecified atom stereocenters. The van der Waals surface area contributed by atoms with E-state index < -0.39 is 5.91 Å². The van der Waals surface area contributed by atoms with Gasteiger partial charge in [0.1, 0.15) is 16.5 Å². The standard InChI is InChI=1S/C24H22ClN3O3S/c1-14-19(23(26)29)11-22(21-13-32-24(27-21)18-6-4-5-7-20(18)25)28(14)12-15-8-16(30-2)10-17(9-15)31-3/h4-11,13H,12H2,1-3H3,(H2,26,29). The second kappa shape index (κ2) is 9.06. The number of thiazole rings is 1. The highest BCUT2D eigenvalue weighted by molar-refractivity contribution is 7.13. The maximum Gasteiger partial charge on any atom is 0.250 e. The Hall–Kier alpha value is -3.29. The van der Waals surface area contributed by atoms with Crippen LogP contribution in [0.1, 0.15) is 21.6 Å². The van der Waals surface area contributed by atoms with Gasteiger partial charge in [-0.2, -0.15) is 0 Å². The minimum atomic E-state index is -0.479. The summed E-state index contributed by atoms with van der Waals surface area (Å²) in [5, 5.41) is 3.40. The summed E-state index contributed by atoms with van der Waals surface area (Å²) >= 11 is 7.85. The molecule has 2 heterocycles. The largest absolute Gasteiger partial charge is 0.497 e. The van der Waals surface area contributed by atoms with Crippen LogP contribution in [0.25, 0.3) is 22.0 Å². The van der Waals surface area contributed by atoms with E-state index in [9.17, 15) is 4.79 Å². The molecule has 0 fully saturated rings. The smallest absolute Gasteiger partial charge is 0.250 e. The zero-order valence-corrected chi connectivity index (χ0v) is 19.5. The van der Waals surface area contributed by atoms with Gasteiger partial charge in [0.05, 0.1) is 36.2 Å². The Labute approximate surface area is 195 Å². The minimum Gasteiger partial charge on any atom is -0.497 e. The maximum atomic E-state index is 12.1. The molecule has 0 bridgehead atoms. The summed E-state index contributed by atoms with van der Waals surface area (Å²) in [6.45, 7) is 2.36. The first-order chi connectivity index (χ1) is 15.4. The van der Waals surface area contributed by atoms with Gasteiger partial charge in [-0.05, 0) is 36.8 Å². The lowest BCUT2D eigenvalue weighted by atomic mass is 10.2. The molecular weight excluding hydrogens is 446 g/mol. The van der Waals surface area contributed by atoms with Gasteiger partial charge in [-0.25, -0.2) is 4.98 Å². The lowest BCUT2D eigenvalue weighted by molar-refractivity contribution is 0.0999. The van der Waals surface area contributed by atoms with E-state index in [-0.39, 0.29) is 0 Å². The van der Waals surface area contributed by atoms with Crippen LogP contribution in [-0.4, -0.2) is 29.7 Å². The number of halogens is 1. The van der Waals surface area contributed by atoms with Crippen molar-refractivity contribution in [1.82, 2.24) is 9.55 Å². The molecule has 1 amide bonds. The fourth-order valence-corrected chi connectivity index (χ4v) is 4.73. The average molecular weight is 468 g/mol. The molecule has 164 valence electrons. The first-order valence-electron chi connectivity index (χ1n) is 9.84. The molecule has 2 N–H and O–H groups in total. The molecule has 0 radical (unpaired) electrons. The fraction of sp³-hybridized carbons (Fsp3) is 0.167. The van der Waals surface area contributed by atoms with E-state index >= 15 is 0 Å². The number of carbonyl (C=O) groups is 1. The monoisotopic (exact) mass is 467 g/mol. The molecular formula is C24H22ClN3O3S. The number of aromatic nitrogens is 2. The van der Waals surface area contributed by atoms with E-state index in [4.69, 9.17) is 31.8 Å². The number of methoxy groups -OCH3 is 2. The van der Waals surface area contributed by atoms with Crippen LogP contribution in [-0.2, 0) is 6.54 Å². The van der Waals surface area contributed by atoms with Crippen LogP contribution < -0.4 is 15.2 Å². The van der Waals surface area contributed by atoms with Crippen LogP contribution in [0.2, 0.25) is 5.02 Å². The summed E-state index contributed by atoms with van der Waals surface area (Å²) in [6, 6.07) is 15.1. The van der Waals surface area contributed by atoms with E-state index in [0.717, 1.165) is 33.2 Å². The first kappa shape index (κ1) is 21.9. The van der Waals surface area contributed by atoms with Gasteiger partial charge < -0.3 is 19.8 Å². The molecule has 4 rings (SSSR count). The third-order valence-electron chi connectivity index (χ3n) is 5.25. The first-order valence-corrected chi connectivity index (χ1v) is 11.1. The van der Waals surface area contributed by atoms with Gasteiger partial charge in [0.2, 0.25) is 0 Å². The second-order valence-corrected chi connectivity index (χ2v) is 8.48. The van der Waals surface area contributed by atoms with Crippen LogP contribution in [0.5, 0.6) is 11.5 Å². The van der Waals surface area contributed by atoms with E-state index in [1.807, 2.05) is 59.3 Å². The Bertz CT molecular complexity index is 1270. The van der Waals surface area contributed by atoms with Gasteiger partial charge >= 0.3 is 0 Å². The number of nitrogens with zero attached hydrogens (tertiary/aromatic N) is 2. The van der Waals surface area contributed by atoms with Crippen molar-refractivity contribution < 1.29 is 14.3 Å². The Kier molecular flexibility index (Phi) is 6.21. The number of benzene rings is 2. The van der Waals surface area contributed by atoms with Crippen LogP contribution in [0.15, 0.2) is 53.9 Å². The quantitative estimate of drug-likeness (QED) is 0.394. The Balaban J connectivity index is 1.80. The Morgan fingerprint density at radius 1 is 1.12 bits per heavy atom. The van der Waals surface area contributed by atoms with Gasteiger partial charge in [-0.15, -0.1) is 11.3 Å². The van der Waals surface area contributed by atoms with Crippen molar-refractivity contribution in [3.63, 3.8) is 0 Å². The molecule has 0 aliphatic rings. The third kappa shape index (κ3) is 4.22. The van der Waals surface area contributed by atoms with E-state index in [0.29, 0.717) is 28.6 Å². The minimum absolute atomic E-state index is 0.460. The lowest BCUT2D eigenvalue weighted by Gasteiger charge is -2.13. The summed E-state index contributed by atoms with van der Waals surface area (Å²) in [5.74, 6) is 0.901. The Morgan fingerprint density at radius 3 is 2.44 bits per heavy atom. The summed E-state index contributed by atoms with van der Waals surface area (Å²) in [5.41, 5.74) is 10.2. The van der Waals surface area contributed by atoms with Crippen molar-refractivity contribution in [2.75, 3.05) is 14.2 Å². The van der Waals surface area contributed by atoms with Gasteiger partial charge in [0, 0.05) is 29.2 Å². The summed E-state index contributed by atoms with van der Waals surface area (Å²) in [7, 11) is 3.23. The second-order valence-electron chi connectivity index (χ2n) is 7.22. The number of ether oxygens (including phenoxy) is 2. The number of amides is 1. The average Bonchev–Trinajstić information content (AvgIpc) is 3.39. The number of rotatable bonds is 7. The van der Waals surface area contributed by atoms with Crippen molar-refractivity contribution in [2.24, 2.45) is 5.73 Å².